The second kappa shape index (κ2) is 5.83. The lowest BCUT2D eigenvalue weighted by Gasteiger charge is -2.26. The van der Waals surface area contributed by atoms with E-state index in [2.05, 4.69) is 11.4 Å². The summed E-state index contributed by atoms with van der Waals surface area (Å²) in [6, 6.07) is 6.87. The molecule has 2 fully saturated rings. The molecular weight excluding hydrogens is 238 g/mol. The molecule has 0 atom stereocenters. The lowest BCUT2D eigenvalue weighted by atomic mass is 9.86. The van der Waals surface area contributed by atoms with Crippen LogP contribution in [0.2, 0.25) is 0 Å². The maximum absolute atomic E-state index is 6.05. The topological polar surface area (TPSA) is 30.5 Å². The lowest BCUT2D eigenvalue weighted by Crippen LogP contribution is -2.21. The van der Waals surface area contributed by atoms with Crippen LogP contribution in [0.3, 0.4) is 0 Å². The summed E-state index contributed by atoms with van der Waals surface area (Å²) in [5.74, 6) is 2.54. The number of methoxy groups -OCH3 is 1. The molecule has 0 bridgehead atoms. The Bertz CT molecular complexity index is 425. The number of nitrogens with one attached hydrogen (secondary N) is 1. The summed E-state index contributed by atoms with van der Waals surface area (Å²) in [4.78, 5) is 0. The van der Waals surface area contributed by atoms with Crippen LogP contribution in [-0.2, 0) is 6.54 Å². The van der Waals surface area contributed by atoms with Gasteiger partial charge in [-0.1, -0.05) is 18.6 Å². The Kier molecular flexibility index (Phi) is 3.92. The highest BCUT2D eigenvalue weighted by atomic mass is 16.5. The smallest absolute Gasteiger partial charge is 0.165 e. The molecule has 104 valence electrons. The molecule has 0 amide bonds. The van der Waals surface area contributed by atoms with Gasteiger partial charge in [0.15, 0.2) is 11.5 Å². The maximum Gasteiger partial charge on any atom is 0.165 e. The van der Waals surface area contributed by atoms with Crippen LogP contribution in [0.5, 0.6) is 11.5 Å². The number of ether oxygens (including phenoxy) is 2. The van der Waals surface area contributed by atoms with Gasteiger partial charge < -0.3 is 14.8 Å². The molecule has 19 heavy (non-hydrogen) atoms. The molecule has 2 saturated carbocycles. The van der Waals surface area contributed by atoms with Gasteiger partial charge in [-0.2, -0.15) is 0 Å². The highest BCUT2D eigenvalue weighted by Crippen LogP contribution is 2.34. The largest absolute Gasteiger partial charge is 0.493 e. The van der Waals surface area contributed by atoms with E-state index in [0.29, 0.717) is 6.04 Å². The van der Waals surface area contributed by atoms with Gasteiger partial charge in [0.1, 0.15) is 0 Å². The molecule has 0 unspecified atom stereocenters. The summed E-state index contributed by atoms with van der Waals surface area (Å²) in [5, 5.41) is 3.54. The molecule has 1 aromatic rings. The first kappa shape index (κ1) is 12.8. The van der Waals surface area contributed by atoms with E-state index in [1.807, 2.05) is 12.1 Å². The second-order valence-corrected chi connectivity index (χ2v) is 5.71. The van der Waals surface area contributed by atoms with Crippen molar-refractivity contribution in [2.75, 3.05) is 13.7 Å². The zero-order valence-electron chi connectivity index (χ0n) is 11.7. The normalized spacial score (nSPS) is 19.0. The third-order valence-corrected chi connectivity index (χ3v) is 4.13. The fraction of sp³-hybridized carbons (Fsp3) is 0.625. The third-order valence-electron chi connectivity index (χ3n) is 4.13. The van der Waals surface area contributed by atoms with E-state index in [9.17, 15) is 0 Å². The molecule has 2 aliphatic carbocycles. The zero-order valence-corrected chi connectivity index (χ0v) is 11.7. The Labute approximate surface area is 115 Å². The minimum atomic E-state index is 0.714. The highest BCUT2D eigenvalue weighted by molar-refractivity contribution is 5.46. The average Bonchev–Trinajstić information content (AvgIpc) is 3.19. The van der Waals surface area contributed by atoms with Crippen molar-refractivity contribution < 1.29 is 9.47 Å². The fourth-order valence-electron chi connectivity index (χ4n) is 2.43. The molecule has 3 rings (SSSR count). The molecule has 3 heteroatoms. The van der Waals surface area contributed by atoms with Crippen molar-refractivity contribution in [1.29, 1.82) is 0 Å². The van der Waals surface area contributed by atoms with Crippen molar-refractivity contribution in [3.63, 3.8) is 0 Å². The lowest BCUT2D eigenvalue weighted by molar-refractivity contribution is 0.174. The van der Waals surface area contributed by atoms with Crippen molar-refractivity contribution in [2.45, 2.75) is 44.7 Å². The van der Waals surface area contributed by atoms with Crippen molar-refractivity contribution in [2.24, 2.45) is 5.92 Å². The van der Waals surface area contributed by atoms with Crippen LogP contribution in [0.4, 0.5) is 0 Å². The molecule has 0 aliphatic heterocycles. The predicted molar refractivity (Wildman–Crippen MR) is 75.7 cm³/mol. The Hall–Kier alpha value is -1.22. The predicted octanol–water partition coefficient (Wildman–Crippen LogP) is 3.13. The Morgan fingerprint density at radius 3 is 2.68 bits per heavy atom. The molecule has 0 aromatic heterocycles. The van der Waals surface area contributed by atoms with E-state index in [1.165, 1.54) is 37.7 Å². The number of benzene rings is 1. The van der Waals surface area contributed by atoms with Gasteiger partial charge in [0.2, 0.25) is 0 Å². The Morgan fingerprint density at radius 2 is 2.05 bits per heavy atom. The first-order chi connectivity index (χ1) is 9.36. The molecule has 0 radical (unpaired) electrons. The Balaban J connectivity index is 1.67. The summed E-state index contributed by atoms with van der Waals surface area (Å²) < 4.78 is 11.5. The van der Waals surface area contributed by atoms with Crippen molar-refractivity contribution in [1.82, 2.24) is 5.32 Å². The summed E-state index contributed by atoms with van der Waals surface area (Å²) in [6.07, 6.45) is 6.59. The highest BCUT2D eigenvalue weighted by Gasteiger charge is 2.22. The van der Waals surface area contributed by atoms with Crippen molar-refractivity contribution >= 4 is 0 Å². The maximum atomic E-state index is 6.05. The van der Waals surface area contributed by atoms with Gasteiger partial charge in [0, 0.05) is 18.2 Å². The molecule has 0 spiro atoms. The van der Waals surface area contributed by atoms with Crippen molar-refractivity contribution in [3.05, 3.63) is 23.8 Å². The van der Waals surface area contributed by atoms with Gasteiger partial charge in [0.25, 0.3) is 0 Å². The molecule has 0 heterocycles. The zero-order chi connectivity index (χ0) is 13.1. The van der Waals surface area contributed by atoms with Crippen LogP contribution in [0.1, 0.15) is 37.7 Å². The number of para-hydroxylation sites is 1. The SMILES string of the molecule is COc1cccc(CNC2CC2)c1OCC1CCC1. The summed E-state index contributed by atoms with van der Waals surface area (Å²) in [6.45, 7) is 1.71. The van der Waals surface area contributed by atoms with Gasteiger partial charge >= 0.3 is 0 Å². The van der Waals surface area contributed by atoms with E-state index in [4.69, 9.17) is 9.47 Å². The van der Waals surface area contributed by atoms with Crippen LogP contribution < -0.4 is 14.8 Å². The minimum Gasteiger partial charge on any atom is -0.493 e. The monoisotopic (exact) mass is 261 g/mol. The van der Waals surface area contributed by atoms with Gasteiger partial charge in [-0.25, -0.2) is 0 Å². The fourth-order valence-corrected chi connectivity index (χ4v) is 2.43. The quantitative estimate of drug-likeness (QED) is 0.818. The van der Waals surface area contributed by atoms with Crippen LogP contribution in [0.15, 0.2) is 18.2 Å². The molecule has 1 N–H and O–H groups in total. The van der Waals surface area contributed by atoms with Gasteiger partial charge in [-0.05, 0) is 37.7 Å². The van der Waals surface area contributed by atoms with Gasteiger partial charge in [0.05, 0.1) is 13.7 Å². The first-order valence-corrected chi connectivity index (χ1v) is 7.39. The molecule has 1 aromatic carbocycles. The van der Waals surface area contributed by atoms with Crippen LogP contribution >= 0.6 is 0 Å². The van der Waals surface area contributed by atoms with E-state index >= 15 is 0 Å². The van der Waals surface area contributed by atoms with E-state index < -0.39 is 0 Å². The molecule has 3 nitrogen and oxygen atoms in total. The standard InChI is InChI=1S/C16H23NO2/c1-18-15-7-3-6-13(10-17-14-8-9-14)16(15)19-11-12-4-2-5-12/h3,6-7,12,14,17H,2,4-5,8-11H2,1H3. The second-order valence-electron chi connectivity index (χ2n) is 5.71. The average molecular weight is 261 g/mol. The molecular formula is C16H23NO2. The molecule has 0 saturated heterocycles. The Morgan fingerprint density at radius 1 is 1.21 bits per heavy atom. The van der Waals surface area contributed by atoms with Crippen molar-refractivity contribution in [3.8, 4) is 11.5 Å². The number of hydrogen-bond acceptors (Lipinski definition) is 3. The van der Waals surface area contributed by atoms with Crippen LogP contribution in [0.25, 0.3) is 0 Å². The summed E-state index contributed by atoms with van der Waals surface area (Å²) >= 11 is 0. The van der Waals surface area contributed by atoms with E-state index in [-0.39, 0.29) is 0 Å². The van der Waals surface area contributed by atoms with Crippen LogP contribution in [-0.4, -0.2) is 19.8 Å². The van der Waals surface area contributed by atoms with E-state index in [1.54, 1.807) is 7.11 Å². The van der Waals surface area contributed by atoms with Crippen LogP contribution in [0, 0.1) is 5.92 Å². The third kappa shape index (κ3) is 3.21. The first-order valence-electron chi connectivity index (χ1n) is 7.39. The van der Waals surface area contributed by atoms with Gasteiger partial charge in [-0.3, -0.25) is 0 Å². The van der Waals surface area contributed by atoms with Gasteiger partial charge in [-0.15, -0.1) is 0 Å². The minimum absolute atomic E-state index is 0.714. The van der Waals surface area contributed by atoms with E-state index in [0.717, 1.165) is 30.6 Å². The number of rotatable bonds is 7. The molecule has 2 aliphatic rings. The summed E-state index contributed by atoms with van der Waals surface area (Å²) in [7, 11) is 1.71. The summed E-state index contributed by atoms with van der Waals surface area (Å²) in [5.41, 5.74) is 1.21. The number of hydrogen-bond donors (Lipinski definition) is 1.